The highest BCUT2D eigenvalue weighted by molar-refractivity contribution is 7.91. The molecule has 1 amide bonds. The van der Waals surface area contributed by atoms with Gasteiger partial charge in [-0.25, -0.2) is 8.42 Å². The first-order chi connectivity index (χ1) is 15.4. The van der Waals surface area contributed by atoms with Gasteiger partial charge in [-0.1, -0.05) is 44.0 Å². The molecule has 1 atom stereocenters. The Bertz CT molecular complexity index is 1010. The van der Waals surface area contributed by atoms with Crippen LogP contribution < -0.4 is 5.32 Å². The number of aliphatic hydroxyl groups is 1. The SMILES string of the molecule is CCS(=O)(=O)c1ccc(CC(=O)Nc2ccc(C(O)N(C3CCC3)C3CCC3)cc2)cc1. The van der Waals surface area contributed by atoms with Crippen LogP contribution in [0.3, 0.4) is 0 Å². The number of rotatable bonds is 9. The average molecular weight is 457 g/mol. The zero-order chi connectivity index (χ0) is 22.7. The van der Waals surface area contributed by atoms with Crippen LogP contribution in [0, 0.1) is 0 Å². The number of benzene rings is 2. The molecule has 2 aliphatic carbocycles. The quantitative estimate of drug-likeness (QED) is 0.556. The van der Waals surface area contributed by atoms with Gasteiger partial charge in [0.2, 0.25) is 5.91 Å². The number of hydrogen-bond acceptors (Lipinski definition) is 5. The topological polar surface area (TPSA) is 86.7 Å². The van der Waals surface area contributed by atoms with Gasteiger partial charge in [-0.15, -0.1) is 0 Å². The Labute approximate surface area is 190 Å². The van der Waals surface area contributed by atoms with Crippen molar-refractivity contribution >= 4 is 21.4 Å². The Balaban J connectivity index is 1.35. The van der Waals surface area contributed by atoms with Crippen LogP contribution in [0.2, 0.25) is 0 Å². The summed E-state index contributed by atoms with van der Waals surface area (Å²) in [6.45, 7) is 1.61. The standard InChI is InChI=1S/C25H32N2O4S/c1-2-32(30,31)23-15-9-18(10-16-23)17-24(28)26-20-13-11-19(12-14-20)25(29)27(21-5-3-6-21)22-7-4-8-22/h9-16,21-22,25,29H,2-8,17H2,1H3,(H,26,28). The van der Waals surface area contributed by atoms with Crippen LogP contribution in [0.5, 0.6) is 0 Å². The van der Waals surface area contributed by atoms with E-state index < -0.39 is 16.1 Å². The molecule has 0 bridgehead atoms. The van der Waals surface area contributed by atoms with E-state index in [1.54, 1.807) is 31.2 Å². The monoisotopic (exact) mass is 456 g/mol. The molecule has 0 radical (unpaired) electrons. The molecule has 7 heteroatoms. The molecule has 6 nitrogen and oxygen atoms in total. The number of hydrogen-bond donors (Lipinski definition) is 2. The summed E-state index contributed by atoms with van der Waals surface area (Å²) in [5, 5.41) is 13.9. The largest absolute Gasteiger partial charge is 0.374 e. The van der Waals surface area contributed by atoms with E-state index in [4.69, 9.17) is 0 Å². The summed E-state index contributed by atoms with van der Waals surface area (Å²) < 4.78 is 23.8. The lowest BCUT2D eigenvalue weighted by molar-refractivity contribution is -0.115. The lowest BCUT2D eigenvalue weighted by atomic mass is 9.84. The van der Waals surface area contributed by atoms with Gasteiger partial charge in [0, 0.05) is 17.8 Å². The third-order valence-corrected chi connectivity index (χ3v) is 8.55. The van der Waals surface area contributed by atoms with E-state index in [1.165, 1.54) is 12.8 Å². The summed E-state index contributed by atoms with van der Waals surface area (Å²) in [5.74, 6) is -0.119. The first-order valence-corrected chi connectivity index (χ1v) is 13.2. The molecular weight excluding hydrogens is 424 g/mol. The van der Waals surface area contributed by atoms with Crippen molar-refractivity contribution in [3.05, 3.63) is 59.7 Å². The van der Waals surface area contributed by atoms with E-state index in [-0.39, 0.29) is 23.0 Å². The zero-order valence-electron chi connectivity index (χ0n) is 18.5. The van der Waals surface area contributed by atoms with Crippen molar-refractivity contribution in [2.24, 2.45) is 0 Å². The van der Waals surface area contributed by atoms with Crippen LogP contribution in [0.1, 0.15) is 62.8 Å². The van der Waals surface area contributed by atoms with Crippen LogP contribution in [-0.4, -0.2) is 42.2 Å². The minimum absolute atomic E-state index is 0.0522. The van der Waals surface area contributed by atoms with Gasteiger partial charge in [0.15, 0.2) is 9.84 Å². The van der Waals surface area contributed by atoms with Crippen molar-refractivity contribution in [2.45, 2.75) is 75.1 Å². The minimum atomic E-state index is -3.24. The highest BCUT2D eigenvalue weighted by Gasteiger charge is 2.37. The summed E-state index contributed by atoms with van der Waals surface area (Å²) >= 11 is 0. The Morgan fingerprint density at radius 2 is 1.56 bits per heavy atom. The molecule has 0 spiro atoms. The second-order valence-corrected chi connectivity index (χ2v) is 11.2. The maximum Gasteiger partial charge on any atom is 0.228 e. The third-order valence-electron chi connectivity index (χ3n) is 6.79. The van der Waals surface area contributed by atoms with Crippen LogP contribution in [0.25, 0.3) is 0 Å². The van der Waals surface area contributed by atoms with Crippen LogP contribution in [0.15, 0.2) is 53.4 Å². The number of carbonyl (C=O) groups excluding carboxylic acids is 1. The maximum atomic E-state index is 12.4. The fraction of sp³-hybridized carbons (Fsp3) is 0.480. The van der Waals surface area contributed by atoms with Gasteiger partial charge in [0.05, 0.1) is 17.1 Å². The van der Waals surface area contributed by atoms with Gasteiger partial charge in [-0.05, 0) is 61.1 Å². The lowest BCUT2D eigenvalue weighted by Gasteiger charge is -2.48. The molecule has 0 aliphatic heterocycles. The number of nitrogens with zero attached hydrogens (tertiary/aromatic N) is 1. The highest BCUT2D eigenvalue weighted by atomic mass is 32.2. The van der Waals surface area contributed by atoms with Crippen molar-refractivity contribution < 1.29 is 18.3 Å². The predicted octanol–water partition coefficient (Wildman–Crippen LogP) is 4.06. The van der Waals surface area contributed by atoms with E-state index in [2.05, 4.69) is 10.2 Å². The lowest BCUT2D eigenvalue weighted by Crippen LogP contribution is -2.51. The highest BCUT2D eigenvalue weighted by Crippen LogP contribution is 2.39. The smallest absolute Gasteiger partial charge is 0.228 e. The van der Waals surface area contributed by atoms with Crippen molar-refractivity contribution in [3.8, 4) is 0 Å². The molecule has 2 aromatic rings. The fourth-order valence-corrected chi connectivity index (χ4v) is 5.23. The summed E-state index contributed by atoms with van der Waals surface area (Å²) in [5.41, 5.74) is 2.28. The summed E-state index contributed by atoms with van der Waals surface area (Å²) in [4.78, 5) is 15.0. The molecule has 1 unspecified atom stereocenters. The molecule has 32 heavy (non-hydrogen) atoms. The average Bonchev–Trinajstić information content (AvgIpc) is 2.71. The molecule has 4 rings (SSSR count). The molecule has 0 saturated heterocycles. The number of aliphatic hydroxyl groups excluding tert-OH is 1. The second kappa shape index (κ2) is 9.73. The molecule has 2 aliphatic rings. The number of amides is 1. The van der Waals surface area contributed by atoms with Gasteiger partial charge in [0.25, 0.3) is 0 Å². The minimum Gasteiger partial charge on any atom is -0.374 e. The fourth-order valence-electron chi connectivity index (χ4n) is 4.35. The maximum absolute atomic E-state index is 12.4. The van der Waals surface area contributed by atoms with E-state index in [9.17, 15) is 18.3 Å². The summed E-state index contributed by atoms with van der Waals surface area (Å²) in [6.07, 6.45) is 6.67. The number of anilines is 1. The van der Waals surface area contributed by atoms with Crippen molar-refractivity contribution in [1.29, 1.82) is 0 Å². The van der Waals surface area contributed by atoms with Crippen molar-refractivity contribution in [1.82, 2.24) is 4.90 Å². The van der Waals surface area contributed by atoms with Gasteiger partial charge in [-0.3, -0.25) is 9.69 Å². The third kappa shape index (κ3) is 5.05. The van der Waals surface area contributed by atoms with Crippen molar-refractivity contribution in [3.63, 3.8) is 0 Å². The molecule has 2 fully saturated rings. The van der Waals surface area contributed by atoms with Crippen LogP contribution >= 0.6 is 0 Å². The molecule has 172 valence electrons. The first kappa shape index (κ1) is 23.0. The number of sulfone groups is 1. The van der Waals surface area contributed by atoms with E-state index >= 15 is 0 Å². The molecular formula is C25H32N2O4S. The van der Waals surface area contributed by atoms with Crippen molar-refractivity contribution in [2.75, 3.05) is 11.1 Å². The Morgan fingerprint density at radius 1 is 1.00 bits per heavy atom. The van der Waals surface area contributed by atoms with Crippen LogP contribution in [0.4, 0.5) is 5.69 Å². The number of nitrogens with one attached hydrogen (secondary N) is 1. The Kier molecular flexibility index (Phi) is 6.98. The van der Waals surface area contributed by atoms with E-state index in [0.717, 1.165) is 36.8 Å². The predicted molar refractivity (Wildman–Crippen MR) is 125 cm³/mol. The van der Waals surface area contributed by atoms with Gasteiger partial charge >= 0.3 is 0 Å². The molecule has 0 heterocycles. The van der Waals surface area contributed by atoms with Crippen LogP contribution in [-0.2, 0) is 21.1 Å². The number of carbonyl (C=O) groups is 1. The van der Waals surface area contributed by atoms with E-state index in [1.807, 2.05) is 24.3 Å². The van der Waals surface area contributed by atoms with Gasteiger partial charge in [-0.2, -0.15) is 0 Å². The summed E-state index contributed by atoms with van der Waals surface area (Å²) in [6, 6.07) is 14.8. The molecule has 2 N–H and O–H groups in total. The van der Waals surface area contributed by atoms with E-state index in [0.29, 0.717) is 17.8 Å². The summed E-state index contributed by atoms with van der Waals surface area (Å²) in [7, 11) is -3.24. The van der Waals surface area contributed by atoms with Gasteiger partial charge < -0.3 is 10.4 Å². The Morgan fingerprint density at radius 3 is 2.03 bits per heavy atom. The normalized spacial score (nSPS) is 18.1. The molecule has 0 aromatic heterocycles. The Hall–Kier alpha value is -2.22. The second-order valence-electron chi connectivity index (χ2n) is 8.88. The molecule has 2 saturated carbocycles. The van der Waals surface area contributed by atoms with Gasteiger partial charge in [0.1, 0.15) is 6.23 Å². The molecule has 2 aromatic carbocycles. The zero-order valence-corrected chi connectivity index (χ0v) is 19.4. The first-order valence-electron chi connectivity index (χ1n) is 11.5.